The van der Waals surface area contributed by atoms with E-state index in [4.69, 9.17) is 0 Å². The van der Waals surface area contributed by atoms with Crippen molar-refractivity contribution in [2.75, 3.05) is 0 Å². The third-order valence-corrected chi connectivity index (χ3v) is 3.54. The fourth-order valence-corrected chi connectivity index (χ4v) is 2.31. The van der Waals surface area contributed by atoms with Gasteiger partial charge in [-0.25, -0.2) is 13.6 Å². The van der Waals surface area contributed by atoms with Crippen molar-refractivity contribution >= 4 is 5.97 Å². The highest BCUT2D eigenvalue weighted by atomic mass is 19.1. The number of carboxylic acid groups (broad SMARTS) is 1. The molecular weight excluding hydrogens is 288 g/mol. The third-order valence-electron chi connectivity index (χ3n) is 3.54. The Bertz CT molecular complexity index is 677. The van der Waals surface area contributed by atoms with Crippen molar-refractivity contribution in [3.63, 3.8) is 0 Å². The molecule has 1 N–H and O–H groups in total. The van der Waals surface area contributed by atoms with Crippen LogP contribution in [0.3, 0.4) is 0 Å². The molecule has 0 saturated carbocycles. The summed E-state index contributed by atoms with van der Waals surface area (Å²) in [4.78, 5) is 11.3. The molecule has 2 rings (SSSR count). The second kappa shape index (κ2) is 6.73. The summed E-state index contributed by atoms with van der Waals surface area (Å²) < 4.78 is 28.2. The standard InChI is InChI=1S/C17H19F2NO2/c1-11(2)3-4-12-7-16(17(21)22)20(9-12)10-13-5-6-14(18)8-15(13)19/h5-9,11H,3-4,10H2,1-2H3,(H,21,22). The van der Waals surface area contributed by atoms with Gasteiger partial charge in [-0.05, 0) is 36.5 Å². The molecule has 0 atom stereocenters. The van der Waals surface area contributed by atoms with E-state index in [1.165, 1.54) is 16.7 Å². The molecular formula is C17H19F2NO2. The van der Waals surface area contributed by atoms with Gasteiger partial charge in [0.1, 0.15) is 17.3 Å². The highest BCUT2D eigenvalue weighted by molar-refractivity contribution is 5.86. The second-order valence-electron chi connectivity index (χ2n) is 5.83. The van der Waals surface area contributed by atoms with Gasteiger partial charge in [0.15, 0.2) is 0 Å². The molecule has 3 nitrogen and oxygen atoms in total. The second-order valence-corrected chi connectivity index (χ2v) is 5.83. The van der Waals surface area contributed by atoms with Gasteiger partial charge in [0, 0.05) is 17.8 Å². The van der Waals surface area contributed by atoms with E-state index in [1.807, 2.05) is 0 Å². The summed E-state index contributed by atoms with van der Waals surface area (Å²) in [5.41, 5.74) is 1.28. The van der Waals surface area contributed by atoms with Gasteiger partial charge in [0.2, 0.25) is 0 Å². The molecule has 1 aromatic carbocycles. The minimum absolute atomic E-state index is 0.0649. The Morgan fingerprint density at radius 1 is 1.27 bits per heavy atom. The van der Waals surface area contributed by atoms with Crippen molar-refractivity contribution in [2.24, 2.45) is 5.92 Å². The number of halogens is 2. The average Bonchev–Trinajstić information content (AvgIpc) is 2.83. The van der Waals surface area contributed by atoms with E-state index >= 15 is 0 Å². The normalized spacial score (nSPS) is 11.1. The number of rotatable bonds is 6. The summed E-state index contributed by atoms with van der Waals surface area (Å²) in [6.45, 7) is 4.27. The molecule has 0 saturated heterocycles. The molecule has 0 aliphatic rings. The molecule has 1 heterocycles. The smallest absolute Gasteiger partial charge is 0.352 e. The fourth-order valence-electron chi connectivity index (χ4n) is 2.31. The number of nitrogens with zero attached hydrogens (tertiary/aromatic N) is 1. The zero-order valence-corrected chi connectivity index (χ0v) is 12.6. The lowest BCUT2D eigenvalue weighted by molar-refractivity contribution is 0.0685. The van der Waals surface area contributed by atoms with Crippen LogP contribution in [-0.2, 0) is 13.0 Å². The summed E-state index contributed by atoms with van der Waals surface area (Å²) in [5.74, 6) is -1.86. The van der Waals surface area contributed by atoms with Gasteiger partial charge in [0.25, 0.3) is 0 Å². The van der Waals surface area contributed by atoms with Crippen LogP contribution in [0.1, 0.15) is 41.9 Å². The Hall–Kier alpha value is -2.17. The highest BCUT2D eigenvalue weighted by Crippen LogP contribution is 2.17. The zero-order chi connectivity index (χ0) is 16.3. The van der Waals surface area contributed by atoms with Crippen LogP contribution < -0.4 is 0 Å². The lowest BCUT2D eigenvalue weighted by Crippen LogP contribution is -2.09. The van der Waals surface area contributed by atoms with Gasteiger partial charge in [-0.15, -0.1) is 0 Å². The maximum atomic E-state index is 13.7. The van der Waals surface area contributed by atoms with Gasteiger partial charge in [-0.2, -0.15) is 0 Å². The van der Waals surface area contributed by atoms with Crippen molar-refractivity contribution in [3.05, 3.63) is 58.9 Å². The number of aromatic carboxylic acids is 1. The third kappa shape index (κ3) is 3.93. The predicted molar refractivity (Wildman–Crippen MR) is 80.0 cm³/mol. The van der Waals surface area contributed by atoms with E-state index < -0.39 is 17.6 Å². The Morgan fingerprint density at radius 3 is 2.59 bits per heavy atom. The van der Waals surface area contributed by atoms with Crippen LogP contribution in [0.2, 0.25) is 0 Å². The van der Waals surface area contributed by atoms with E-state index in [2.05, 4.69) is 13.8 Å². The van der Waals surface area contributed by atoms with Crippen LogP contribution in [0, 0.1) is 17.6 Å². The minimum atomic E-state index is -1.06. The van der Waals surface area contributed by atoms with Crippen LogP contribution in [0.25, 0.3) is 0 Å². The molecule has 0 radical (unpaired) electrons. The molecule has 0 aliphatic heterocycles. The molecule has 118 valence electrons. The molecule has 22 heavy (non-hydrogen) atoms. The molecule has 0 unspecified atom stereocenters. The predicted octanol–water partition coefficient (Wildman–Crippen LogP) is 4.10. The maximum Gasteiger partial charge on any atom is 0.352 e. The maximum absolute atomic E-state index is 13.7. The van der Waals surface area contributed by atoms with E-state index in [1.54, 1.807) is 12.3 Å². The number of benzene rings is 1. The SMILES string of the molecule is CC(C)CCc1cc(C(=O)O)n(Cc2ccc(F)cc2F)c1. The first-order chi connectivity index (χ1) is 10.4. The van der Waals surface area contributed by atoms with Gasteiger partial charge in [-0.3, -0.25) is 0 Å². The molecule has 0 fully saturated rings. The van der Waals surface area contributed by atoms with Crippen molar-refractivity contribution in [1.82, 2.24) is 4.57 Å². The highest BCUT2D eigenvalue weighted by Gasteiger charge is 2.14. The fraction of sp³-hybridized carbons (Fsp3) is 0.353. The monoisotopic (exact) mass is 307 g/mol. The van der Waals surface area contributed by atoms with Crippen LogP contribution in [0.5, 0.6) is 0 Å². The first-order valence-electron chi connectivity index (χ1n) is 7.23. The number of carboxylic acids is 1. The van der Waals surface area contributed by atoms with E-state index in [0.29, 0.717) is 5.92 Å². The lowest BCUT2D eigenvalue weighted by Gasteiger charge is -2.07. The van der Waals surface area contributed by atoms with Crippen molar-refractivity contribution in [3.8, 4) is 0 Å². The molecule has 0 amide bonds. The average molecular weight is 307 g/mol. The number of hydrogen-bond acceptors (Lipinski definition) is 1. The van der Waals surface area contributed by atoms with Crippen LogP contribution in [-0.4, -0.2) is 15.6 Å². The largest absolute Gasteiger partial charge is 0.477 e. The molecule has 0 bridgehead atoms. The van der Waals surface area contributed by atoms with Gasteiger partial charge >= 0.3 is 5.97 Å². The number of aryl methyl sites for hydroxylation is 1. The van der Waals surface area contributed by atoms with Crippen LogP contribution in [0.4, 0.5) is 8.78 Å². The zero-order valence-electron chi connectivity index (χ0n) is 12.6. The quantitative estimate of drug-likeness (QED) is 0.873. The Kier molecular flexibility index (Phi) is 4.96. The first-order valence-corrected chi connectivity index (χ1v) is 7.23. The lowest BCUT2D eigenvalue weighted by atomic mass is 10.0. The molecule has 0 aliphatic carbocycles. The molecule has 2 aromatic rings. The number of hydrogen-bond donors (Lipinski definition) is 1. The summed E-state index contributed by atoms with van der Waals surface area (Å²) in [5, 5.41) is 9.27. The summed E-state index contributed by atoms with van der Waals surface area (Å²) >= 11 is 0. The number of aromatic nitrogens is 1. The van der Waals surface area contributed by atoms with Crippen LogP contribution in [0.15, 0.2) is 30.5 Å². The number of carbonyl (C=O) groups is 1. The molecule has 0 spiro atoms. The Morgan fingerprint density at radius 2 is 2.00 bits per heavy atom. The topological polar surface area (TPSA) is 42.2 Å². The van der Waals surface area contributed by atoms with Crippen LogP contribution >= 0.6 is 0 Å². The van der Waals surface area contributed by atoms with E-state index in [-0.39, 0.29) is 17.8 Å². The van der Waals surface area contributed by atoms with Crippen molar-refractivity contribution in [1.29, 1.82) is 0 Å². The summed E-state index contributed by atoms with van der Waals surface area (Å²) in [7, 11) is 0. The van der Waals surface area contributed by atoms with Gasteiger partial charge in [-0.1, -0.05) is 19.9 Å². The molecule has 1 aromatic heterocycles. The Balaban J connectivity index is 2.26. The van der Waals surface area contributed by atoms with Crippen molar-refractivity contribution in [2.45, 2.75) is 33.2 Å². The Labute approximate surface area is 128 Å². The van der Waals surface area contributed by atoms with Crippen molar-refractivity contribution < 1.29 is 18.7 Å². The molecule has 5 heteroatoms. The first kappa shape index (κ1) is 16.2. The van der Waals surface area contributed by atoms with Gasteiger partial charge in [0.05, 0.1) is 6.54 Å². The van der Waals surface area contributed by atoms with E-state index in [9.17, 15) is 18.7 Å². The van der Waals surface area contributed by atoms with E-state index in [0.717, 1.165) is 24.5 Å². The summed E-state index contributed by atoms with van der Waals surface area (Å²) in [6, 6.07) is 4.93. The van der Waals surface area contributed by atoms with Gasteiger partial charge < -0.3 is 9.67 Å². The summed E-state index contributed by atoms with van der Waals surface area (Å²) in [6.07, 6.45) is 3.46. The minimum Gasteiger partial charge on any atom is -0.477 e.